The summed E-state index contributed by atoms with van der Waals surface area (Å²) >= 11 is 11.9. The molecule has 78 valence electrons. The molecule has 1 nitrogen and oxygen atoms in total. The SMILES string of the molecule is CC(C)CC(Cl)Cc1ccc(Cl)cn1. The summed E-state index contributed by atoms with van der Waals surface area (Å²) in [5.41, 5.74) is 1.01. The van der Waals surface area contributed by atoms with Crippen LogP contribution >= 0.6 is 23.2 Å². The van der Waals surface area contributed by atoms with Gasteiger partial charge in [0.15, 0.2) is 0 Å². The minimum atomic E-state index is 0.170. The van der Waals surface area contributed by atoms with Crippen molar-refractivity contribution in [3.8, 4) is 0 Å². The van der Waals surface area contributed by atoms with Crippen LogP contribution in [0.5, 0.6) is 0 Å². The normalized spacial score (nSPS) is 13.2. The second-order valence-electron chi connectivity index (χ2n) is 3.90. The van der Waals surface area contributed by atoms with Crippen LogP contribution < -0.4 is 0 Å². The number of nitrogens with zero attached hydrogens (tertiary/aromatic N) is 1. The Labute approximate surface area is 95.4 Å². The fourth-order valence-corrected chi connectivity index (χ4v) is 1.98. The lowest BCUT2D eigenvalue weighted by atomic mass is 10.0. The number of hydrogen-bond acceptors (Lipinski definition) is 1. The monoisotopic (exact) mass is 231 g/mol. The Morgan fingerprint density at radius 3 is 2.57 bits per heavy atom. The van der Waals surface area contributed by atoms with Crippen molar-refractivity contribution in [2.24, 2.45) is 5.92 Å². The first-order chi connectivity index (χ1) is 6.58. The highest BCUT2D eigenvalue weighted by atomic mass is 35.5. The van der Waals surface area contributed by atoms with Gasteiger partial charge in [-0.05, 0) is 24.5 Å². The zero-order valence-corrected chi connectivity index (χ0v) is 10.0. The second-order valence-corrected chi connectivity index (χ2v) is 4.95. The number of alkyl halides is 1. The third-order valence-electron chi connectivity index (χ3n) is 1.95. The highest BCUT2D eigenvalue weighted by molar-refractivity contribution is 6.30. The van der Waals surface area contributed by atoms with Crippen LogP contribution in [0.1, 0.15) is 26.0 Å². The molecule has 1 atom stereocenters. The molecule has 0 saturated heterocycles. The minimum Gasteiger partial charge on any atom is -0.260 e. The Bertz CT molecular complexity index is 269. The topological polar surface area (TPSA) is 12.9 Å². The van der Waals surface area contributed by atoms with Crippen LogP contribution in [0.4, 0.5) is 0 Å². The lowest BCUT2D eigenvalue weighted by molar-refractivity contribution is 0.559. The van der Waals surface area contributed by atoms with Crippen molar-refractivity contribution in [3.05, 3.63) is 29.0 Å². The molecule has 0 aromatic carbocycles. The first-order valence-electron chi connectivity index (χ1n) is 4.82. The molecule has 0 radical (unpaired) electrons. The van der Waals surface area contributed by atoms with Gasteiger partial charge in [0, 0.05) is 23.7 Å². The van der Waals surface area contributed by atoms with Gasteiger partial charge < -0.3 is 0 Å². The molecule has 0 amide bonds. The van der Waals surface area contributed by atoms with Gasteiger partial charge in [0.05, 0.1) is 5.02 Å². The Balaban J connectivity index is 2.47. The van der Waals surface area contributed by atoms with Crippen molar-refractivity contribution in [1.29, 1.82) is 0 Å². The van der Waals surface area contributed by atoms with Crippen molar-refractivity contribution in [2.45, 2.75) is 32.1 Å². The molecule has 0 N–H and O–H groups in total. The molecule has 0 aliphatic rings. The fraction of sp³-hybridized carbons (Fsp3) is 0.545. The van der Waals surface area contributed by atoms with E-state index in [2.05, 4.69) is 18.8 Å². The van der Waals surface area contributed by atoms with E-state index in [1.165, 1.54) is 0 Å². The molecule has 1 aromatic rings. The van der Waals surface area contributed by atoms with Gasteiger partial charge in [-0.15, -0.1) is 11.6 Å². The van der Waals surface area contributed by atoms with Gasteiger partial charge in [0.1, 0.15) is 0 Å². The zero-order valence-electron chi connectivity index (χ0n) is 8.50. The number of hydrogen-bond donors (Lipinski definition) is 0. The predicted octanol–water partition coefficient (Wildman–Crippen LogP) is 3.93. The molecule has 0 aliphatic carbocycles. The van der Waals surface area contributed by atoms with E-state index in [0.29, 0.717) is 10.9 Å². The number of pyridine rings is 1. The van der Waals surface area contributed by atoms with Crippen molar-refractivity contribution in [2.75, 3.05) is 0 Å². The van der Waals surface area contributed by atoms with Crippen LogP contribution in [0.15, 0.2) is 18.3 Å². The fourth-order valence-electron chi connectivity index (χ4n) is 1.35. The van der Waals surface area contributed by atoms with Crippen LogP contribution in [-0.2, 0) is 6.42 Å². The largest absolute Gasteiger partial charge is 0.260 e. The molecular weight excluding hydrogens is 217 g/mol. The highest BCUT2D eigenvalue weighted by Crippen LogP contribution is 2.16. The van der Waals surface area contributed by atoms with Gasteiger partial charge in [0.25, 0.3) is 0 Å². The molecule has 0 fully saturated rings. The first-order valence-corrected chi connectivity index (χ1v) is 5.64. The molecule has 3 heteroatoms. The van der Waals surface area contributed by atoms with Gasteiger partial charge in [0.2, 0.25) is 0 Å². The maximum Gasteiger partial charge on any atom is 0.0589 e. The summed E-state index contributed by atoms with van der Waals surface area (Å²) in [4.78, 5) is 4.21. The third-order valence-corrected chi connectivity index (χ3v) is 2.50. The van der Waals surface area contributed by atoms with Crippen LogP contribution in [0.3, 0.4) is 0 Å². The minimum absolute atomic E-state index is 0.170. The second kappa shape index (κ2) is 5.57. The van der Waals surface area contributed by atoms with Gasteiger partial charge >= 0.3 is 0 Å². The average molecular weight is 232 g/mol. The third kappa shape index (κ3) is 4.30. The number of rotatable bonds is 4. The summed E-state index contributed by atoms with van der Waals surface area (Å²) < 4.78 is 0. The molecule has 1 aromatic heterocycles. The smallest absolute Gasteiger partial charge is 0.0589 e. The van der Waals surface area contributed by atoms with Crippen LogP contribution in [-0.4, -0.2) is 10.4 Å². The van der Waals surface area contributed by atoms with Crippen molar-refractivity contribution >= 4 is 23.2 Å². The van der Waals surface area contributed by atoms with E-state index in [9.17, 15) is 0 Å². The van der Waals surface area contributed by atoms with Crippen LogP contribution in [0.2, 0.25) is 5.02 Å². The Kier molecular flexibility index (Phi) is 4.70. The molecule has 0 spiro atoms. The molecule has 1 unspecified atom stereocenters. The van der Waals surface area contributed by atoms with Gasteiger partial charge in [-0.2, -0.15) is 0 Å². The van der Waals surface area contributed by atoms with E-state index in [0.717, 1.165) is 18.5 Å². The Morgan fingerprint density at radius 2 is 2.07 bits per heavy atom. The lowest BCUT2D eigenvalue weighted by Crippen LogP contribution is -2.08. The van der Waals surface area contributed by atoms with Crippen molar-refractivity contribution in [1.82, 2.24) is 4.98 Å². The van der Waals surface area contributed by atoms with E-state index in [-0.39, 0.29) is 5.38 Å². The molecule has 14 heavy (non-hydrogen) atoms. The maximum absolute atomic E-state index is 6.18. The van der Waals surface area contributed by atoms with Gasteiger partial charge in [-0.3, -0.25) is 4.98 Å². The van der Waals surface area contributed by atoms with Crippen LogP contribution in [0, 0.1) is 5.92 Å². The van der Waals surface area contributed by atoms with E-state index in [4.69, 9.17) is 23.2 Å². The van der Waals surface area contributed by atoms with E-state index in [1.807, 2.05) is 12.1 Å². The first kappa shape index (κ1) is 11.8. The maximum atomic E-state index is 6.18. The zero-order chi connectivity index (χ0) is 10.6. The lowest BCUT2D eigenvalue weighted by Gasteiger charge is -2.11. The van der Waals surface area contributed by atoms with Crippen molar-refractivity contribution < 1.29 is 0 Å². The molecule has 0 saturated carbocycles. The standard InChI is InChI=1S/C11H15Cl2N/c1-8(2)5-10(13)6-11-4-3-9(12)7-14-11/h3-4,7-8,10H,5-6H2,1-2H3. The highest BCUT2D eigenvalue weighted by Gasteiger charge is 2.08. The molecule has 0 aliphatic heterocycles. The molecule has 0 bridgehead atoms. The van der Waals surface area contributed by atoms with Gasteiger partial charge in [-0.1, -0.05) is 25.4 Å². The summed E-state index contributed by atoms with van der Waals surface area (Å²) in [7, 11) is 0. The number of halogens is 2. The molecule has 1 heterocycles. The van der Waals surface area contributed by atoms with E-state index in [1.54, 1.807) is 6.20 Å². The van der Waals surface area contributed by atoms with Gasteiger partial charge in [-0.25, -0.2) is 0 Å². The van der Waals surface area contributed by atoms with E-state index < -0.39 is 0 Å². The summed E-state index contributed by atoms with van der Waals surface area (Å²) in [5, 5.41) is 0.840. The summed E-state index contributed by atoms with van der Waals surface area (Å²) in [5.74, 6) is 0.629. The summed E-state index contributed by atoms with van der Waals surface area (Å²) in [6.45, 7) is 4.34. The van der Waals surface area contributed by atoms with E-state index >= 15 is 0 Å². The molecular formula is C11H15Cl2N. The number of aromatic nitrogens is 1. The summed E-state index contributed by atoms with van der Waals surface area (Å²) in [6, 6.07) is 3.78. The molecule has 1 rings (SSSR count). The quantitative estimate of drug-likeness (QED) is 0.716. The average Bonchev–Trinajstić information content (AvgIpc) is 2.07. The Hall–Kier alpha value is -0.270. The summed E-state index contributed by atoms with van der Waals surface area (Å²) in [6.07, 6.45) is 3.50. The van der Waals surface area contributed by atoms with Crippen LogP contribution in [0.25, 0.3) is 0 Å². The van der Waals surface area contributed by atoms with Crippen molar-refractivity contribution in [3.63, 3.8) is 0 Å². The Morgan fingerprint density at radius 1 is 1.36 bits per heavy atom. The predicted molar refractivity (Wildman–Crippen MR) is 62.0 cm³/mol.